The fourth-order valence-electron chi connectivity index (χ4n) is 2.18. The maximum atomic E-state index is 10.2. The Morgan fingerprint density at radius 3 is 2.79 bits per heavy atom. The first-order chi connectivity index (χ1) is 9.11. The van der Waals surface area contributed by atoms with Crippen molar-refractivity contribution in [3.05, 3.63) is 47.5 Å². The number of hydrogen-bond acceptors (Lipinski definition) is 3. The molecule has 1 heterocycles. The molecule has 0 fully saturated rings. The molecule has 0 aliphatic heterocycles. The number of rotatable bonds is 5. The summed E-state index contributed by atoms with van der Waals surface area (Å²) in [7, 11) is 3.62. The minimum Gasteiger partial charge on any atom is -0.496 e. The summed E-state index contributed by atoms with van der Waals surface area (Å²) < 4.78 is 7.20. The van der Waals surface area contributed by atoms with E-state index in [0.29, 0.717) is 6.42 Å². The van der Waals surface area contributed by atoms with Gasteiger partial charge in [-0.25, -0.2) is 4.98 Å². The number of aryl methyl sites for hydroxylation is 3. The van der Waals surface area contributed by atoms with Crippen LogP contribution < -0.4 is 4.74 Å². The van der Waals surface area contributed by atoms with E-state index < -0.39 is 6.10 Å². The molecule has 0 bridgehead atoms. The molecule has 0 amide bonds. The van der Waals surface area contributed by atoms with Crippen LogP contribution in [0.5, 0.6) is 5.75 Å². The van der Waals surface area contributed by atoms with E-state index in [0.717, 1.165) is 29.1 Å². The van der Waals surface area contributed by atoms with E-state index in [1.807, 2.05) is 42.9 Å². The van der Waals surface area contributed by atoms with Crippen molar-refractivity contribution in [3.63, 3.8) is 0 Å². The highest BCUT2D eigenvalue weighted by Gasteiger charge is 2.11. The lowest BCUT2D eigenvalue weighted by atomic mass is 10.0. The monoisotopic (exact) mass is 260 g/mol. The molecule has 1 N–H and O–H groups in total. The summed E-state index contributed by atoms with van der Waals surface area (Å²) in [5.74, 6) is 1.84. The van der Waals surface area contributed by atoms with E-state index in [-0.39, 0.29) is 0 Å². The highest BCUT2D eigenvalue weighted by Crippen LogP contribution is 2.24. The topological polar surface area (TPSA) is 47.3 Å². The van der Waals surface area contributed by atoms with E-state index in [2.05, 4.69) is 4.98 Å². The van der Waals surface area contributed by atoms with Gasteiger partial charge in [0.2, 0.25) is 0 Å². The molecule has 0 radical (unpaired) electrons. The second-order valence-electron chi connectivity index (χ2n) is 4.74. The molecule has 2 rings (SSSR count). The van der Waals surface area contributed by atoms with Crippen molar-refractivity contribution in [2.45, 2.75) is 25.9 Å². The molecule has 0 aliphatic rings. The van der Waals surface area contributed by atoms with Gasteiger partial charge in [0, 0.05) is 25.9 Å². The van der Waals surface area contributed by atoms with Gasteiger partial charge in [-0.15, -0.1) is 0 Å². The van der Waals surface area contributed by atoms with Gasteiger partial charge < -0.3 is 14.4 Å². The molecular formula is C15H20N2O2. The smallest absolute Gasteiger partial charge is 0.121 e. The van der Waals surface area contributed by atoms with Crippen LogP contribution in [-0.4, -0.2) is 21.8 Å². The largest absolute Gasteiger partial charge is 0.496 e. The van der Waals surface area contributed by atoms with Gasteiger partial charge in [-0.1, -0.05) is 6.07 Å². The summed E-state index contributed by atoms with van der Waals surface area (Å²) in [5, 5.41) is 10.2. The Balaban J connectivity index is 2.02. The minimum absolute atomic E-state index is 0.471. The molecule has 102 valence electrons. The van der Waals surface area contributed by atoms with E-state index in [1.165, 1.54) is 0 Å². The average Bonchev–Trinajstić information content (AvgIpc) is 2.81. The molecule has 0 saturated carbocycles. The van der Waals surface area contributed by atoms with Crippen LogP contribution in [0.3, 0.4) is 0 Å². The Labute approximate surface area is 113 Å². The molecule has 1 atom stereocenters. The maximum absolute atomic E-state index is 10.2. The summed E-state index contributed by atoms with van der Waals surface area (Å²) in [6.45, 7) is 1.98. The van der Waals surface area contributed by atoms with Crippen molar-refractivity contribution >= 4 is 0 Å². The van der Waals surface area contributed by atoms with Gasteiger partial charge in [0.1, 0.15) is 11.6 Å². The van der Waals surface area contributed by atoms with Gasteiger partial charge in [-0.3, -0.25) is 0 Å². The number of aliphatic hydroxyl groups excluding tert-OH is 1. The summed E-state index contributed by atoms with van der Waals surface area (Å²) in [6.07, 6.45) is 4.64. The first kappa shape index (κ1) is 13.6. The van der Waals surface area contributed by atoms with Gasteiger partial charge in [-0.05, 0) is 36.6 Å². The van der Waals surface area contributed by atoms with Gasteiger partial charge in [-0.2, -0.15) is 0 Å². The van der Waals surface area contributed by atoms with E-state index in [4.69, 9.17) is 4.74 Å². The van der Waals surface area contributed by atoms with Crippen molar-refractivity contribution in [2.24, 2.45) is 7.05 Å². The summed E-state index contributed by atoms with van der Waals surface area (Å²) in [6, 6.07) is 5.78. The standard InChI is InChI=1S/C15H20N2O2/c1-11-10-12(4-6-14(11)19-3)13(18)5-7-15-16-8-9-17(15)2/h4,6,8-10,13,18H,5,7H2,1-3H3. The molecule has 1 unspecified atom stereocenters. The third kappa shape index (κ3) is 3.15. The normalized spacial score (nSPS) is 12.4. The molecule has 1 aromatic heterocycles. The SMILES string of the molecule is COc1ccc(C(O)CCc2nccn2C)cc1C. The van der Waals surface area contributed by atoms with Crippen LogP contribution in [0.15, 0.2) is 30.6 Å². The molecule has 0 aliphatic carbocycles. The zero-order valence-corrected chi connectivity index (χ0v) is 11.6. The fraction of sp³-hybridized carbons (Fsp3) is 0.400. The van der Waals surface area contributed by atoms with Crippen molar-refractivity contribution in [1.29, 1.82) is 0 Å². The number of aliphatic hydroxyl groups is 1. The van der Waals surface area contributed by atoms with Crippen molar-refractivity contribution in [3.8, 4) is 5.75 Å². The fourth-order valence-corrected chi connectivity index (χ4v) is 2.18. The molecule has 4 nitrogen and oxygen atoms in total. The van der Waals surface area contributed by atoms with Crippen molar-refractivity contribution < 1.29 is 9.84 Å². The predicted molar refractivity (Wildman–Crippen MR) is 74.2 cm³/mol. The number of aromatic nitrogens is 2. The van der Waals surface area contributed by atoms with E-state index in [1.54, 1.807) is 13.3 Å². The minimum atomic E-state index is -0.471. The van der Waals surface area contributed by atoms with Crippen LogP contribution >= 0.6 is 0 Å². The summed E-state index contributed by atoms with van der Waals surface area (Å²) in [5.41, 5.74) is 1.96. The van der Waals surface area contributed by atoms with Crippen molar-refractivity contribution in [1.82, 2.24) is 9.55 Å². The van der Waals surface area contributed by atoms with Gasteiger partial charge in [0.05, 0.1) is 13.2 Å². The van der Waals surface area contributed by atoms with Crippen LogP contribution in [0.25, 0.3) is 0 Å². The number of methoxy groups -OCH3 is 1. The zero-order chi connectivity index (χ0) is 13.8. The van der Waals surface area contributed by atoms with Crippen LogP contribution in [0.2, 0.25) is 0 Å². The third-order valence-electron chi connectivity index (χ3n) is 3.37. The lowest BCUT2D eigenvalue weighted by molar-refractivity contribution is 0.166. The van der Waals surface area contributed by atoms with E-state index in [9.17, 15) is 5.11 Å². The Kier molecular flexibility index (Phi) is 4.22. The second-order valence-corrected chi connectivity index (χ2v) is 4.74. The number of nitrogens with zero attached hydrogens (tertiary/aromatic N) is 2. The van der Waals surface area contributed by atoms with E-state index >= 15 is 0 Å². The molecule has 4 heteroatoms. The maximum Gasteiger partial charge on any atom is 0.121 e. The highest BCUT2D eigenvalue weighted by molar-refractivity contribution is 5.36. The second kappa shape index (κ2) is 5.89. The van der Waals surface area contributed by atoms with Crippen LogP contribution in [0, 0.1) is 6.92 Å². The zero-order valence-electron chi connectivity index (χ0n) is 11.6. The Hall–Kier alpha value is -1.81. The van der Waals surface area contributed by atoms with Crippen LogP contribution in [-0.2, 0) is 13.5 Å². The van der Waals surface area contributed by atoms with Crippen LogP contribution in [0.1, 0.15) is 29.5 Å². The predicted octanol–water partition coefficient (Wildman–Crippen LogP) is 2.40. The molecule has 0 saturated heterocycles. The number of benzene rings is 1. The van der Waals surface area contributed by atoms with Crippen molar-refractivity contribution in [2.75, 3.05) is 7.11 Å². The van der Waals surface area contributed by atoms with Gasteiger partial charge in [0.15, 0.2) is 0 Å². The van der Waals surface area contributed by atoms with Gasteiger partial charge in [0.25, 0.3) is 0 Å². The Bertz CT molecular complexity index is 549. The molecule has 19 heavy (non-hydrogen) atoms. The summed E-state index contributed by atoms with van der Waals surface area (Å²) >= 11 is 0. The lowest BCUT2D eigenvalue weighted by Crippen LogP contribution is -2.04. The number of ether oxygens (including phenoxy) is 1. The molecule has 0 spiro atoms. The molecular weight excluding hydrogens is 240 g/mol. The Morgan fingerprint density at radius 1 is 1.42 bits per heavy atom. The van der Waals surface area contributed by atoms with Crippen LogP contribution in [0.4, 0.5) is 0 Å². The average molecular weight is 260 g/mol. The quantitative estimate of drug-likeness (QED) is 0.898. The molecule has 2 aromatic rings. The lowest BCUT2D eigenvalue weighted by Gasteiger charge is -2.13. The Morgan fingerprint density at radius 2 is 2.21 bits per heavy atom. The third-order valence-corrected chi connectivity index (χ3v) is 3.37. The number of hydrogen-bond donors (Lipinski definition) is 1. The first-order valence-electron chi connectivity index (χ1n) is 6.40. The number of imidazole rings is 1. The van der Waals surface area contributed by atoms with Gasteiger partial charge >= 0.3 is 0 Å². The summed E-state index contributed by atoms with van der Waals surface area (Å²) in [4.78, 5) is 4.26. The highest BCUT2D eigenvalue weighted by atomic mass is 16.5. The molecule has 1 aromatic carbocycles. The first-order valence-corrected chi connectivity index (χ1v) is 6.40.